The zero-order chi connectivity index (χ0) is 11.4. The van der Waals surface area contributed by atoms with Gasteiger partial charge in [-0.1, -0.05) is 34.6 Å². The van der Waals surface area contributed by atoms with Crippen LogP contribution in [0.2, 0.25) is 0 Å². The van der Waals surface area contributed by atoms with Crippen LogP contribution >= 0.6 is 0 Å². The van der Waals surface area contributed by atoms with E-state index in [0.717, 1.165) is 12.8 Å². The van der Waals surface area contributed by atoms with Crippen molar-refractivity contribution in [2.75, 3.05) is 6.61 Å². The summed E-state index contributed by atoms with van der Waals surface area (Å²) in [5, 5.41) is 0. The van der Waals surface area contributed by atoms with Gasteiger partial charge in [-0.25, -0.2) is 0 Å². The van der Waals surface area contributed by atoms with Crippen LogP contribution in [-0.4, -0.2) is 12.6 Å². The van der Waals surface area contributed by atoms with Crippen LogP contribution in [0.25, 0.3) is 0 Å². The zero-order valence-electron chi connectivity index (χ0n) is 10.4. The molecule has 14 heavy (non-hydrogen) atoms. The van der Waals surface area contributed by atoms with E-state index in [1.807, 2.05) is 6.92 Å². The molecule has 2 nitrogen and oxygen atoms in total. The first-order valence-electron chi connectivity index (χ1n) is 5.53. The fraction of sp³-hybridized carbons (Fsp3) is 0.917. The van der Waals surface area contributed by atoms with Crippen molar-refractivity contribution in [2.24, 2.45) is 10.8 Å². The lowest BCUT2D eigenvalue weighted by Gasteiger charge is -2.41. The molecule has 2 heteroatoms. The molecule has 0 amide bonds. The molecule has 0 saturated heterocycles. The highest BCUT2D eigenvalue weighted by Gasteiger charge is 2.46. The maximum Gasteiger partial charge on any atom is 0.312 e. The van der Waals surface area contributed by atoms with E-state index >= 15 is 0 Å². The fourth-order valence-corrected chi connectivity index (χ4v) is 2.17. The number of carbonyl (C=O) groups is 1. The highest BCUT2D eigenvalue weighted by atomic mass is 16.5. The van der Waals surface area contributed by atoms with E-state index in [4.69, 9.17) is 4.74 Å². The molecule has 0 aromatic carbocycles. The Morgan fingerprint density at radius 1 is 1.07 bits per heavy atom. The molecule has 0 bridgehead atoms. The summed E-state index contributed by atoms with van der Waals surface area (Å²) < 4.78 is 5.18. The molecule has 0 aliphatic rings. The van der Waals surface area contributed by atoms with Gasteiger partial charge in [0.25, 0.3) is 0 Å². The molecule has 84 valence electrons. The third-order valence-electron chi connectivity index (χ3n) is 3.31. The number of carbonyl (C=O) groups excluding carboxylic acids is 1. The largest absolute Gasteiger partial charge is 0.466 e. The van der Waals surface area contributed by atoms with Crippen molar-refractivity contribution in [3.05, 3.63) is 0 Å². The van der Waals surface area contributed by atoms with Gasteiger partial charge in [0.1, 0.15) is 0 Å². The van der Waals surface area contributed by atoms with E-state index in [0.29, 0.717) is 6.61 Å². The van der Waals surface area contributed by atoms with Crippen LogP contribution in [-0.2, 0) is 9.53 Å². The average Bonchev–Trinajstić information content (AvgIpc) is 2.05. The fourth-order valence-electron chi connectivity index (χ4n) is 2.17. The molecular formula is C12H24O2. The van der Waals surface area contributed by atoms with Gasteiger partial charge in [-0.2, -0.15) is 0 Å². The average molecular weight is 200 g/mol. The molecule has 0 aromatic heterocycles. The molecule has 0 spiro atoms. The lowest BCUT2D eigenvalue weighted by Crippen LogP contribution is -2.43. The third-order valence-corrected chi connectivity index (χ3v) is 3.31. The number of hydrogen-bond acceptors (Lipinski definition) is 2. The molecule has 0 aliphatic heterocycles. The van der Waals surface area contributed by atoms with Gasteiger partial charge in [-0.05, 0) is 25.2 Å². The SMILES string of the molecule is CCOC(=O)C(CC)(CC)C(C)(C)C. The summed E-state index contributed by atoms with van der Waals surface area (Å²) >= 11 is 0. The Bertz CT molecular complexity index is 185. The monoisotopic (exact) mass is 200 g/mol. The van der Waals surface area contributed by atoms with E-state index in [-0.39, 0.29) is 16.8 Å². The minimum Gasteiger partial charge on any atom is -0.466 e. The Hall–Kier alpha value is -0.530. The Balaban J connectivity index is 4.98. The van der Waals surface area contributed by atoms with Crippen molar-refractivity contribution in [2.45, 2.75) is 54.4 Å². The molecular weight excluding hydrogens is 176 g/mol. The second kappa shape index (κ2) is 4.81. The molecule has 0 rings (SSSR count). The van der Waals surface area contributed by atoms with Gasteiger partial charge in [-0.3, -0.25) is 4.79 Å². The van der Waals surface area contributed by atoms with E-state index in [1.54, 1.807) is 0 Å². The van der Waals surface area contributed by atoms with Crippen molar-refractivity contribution in [1.29, 1.82) is 0 Å². The first kappa shape index (κ1) is 13.5. The predicted molar refractivity (Wildman–Crippen MR) is 59.1 cm³/mol. The van der Waals surface area contributed by atoms with Crippen LogP contribution in [0.3, 0.4) is 0 Å². The van der Waals surface area contributed by atoms with Crippen molar-refractivity contribution < 1.29 is 9.53 Å². The third kappa shape index (κ3) is 2.28. The standard InChI is InChI=1S/C12H24O2/c1-7-12(8-2,11(4,5)6)10(13)14-9-3/h7-9H2,1-6H3. The van der Waals surface area contributed by atoms with Crippen LogP contribution < -0.4 is 0 Å². The Morgan fingerprint density at radius 2 is 1.50 bits per heavy atom. The summed E-state index contributed by atoms with van der Waals surface area (Å²) in [4.78, 5) is 12.0. The minimum absolute atomic E-state index is 0.0389. The minimum atomic E-state index is -0.330. The summed E-state index contributed by atoms with van der Waals surface area (Å²) in [5.41, 5.74) is -0.369. The van der Waals surface area contributed by atoms with Gasteiger partial charge < -0.3 is 4.74 Å². The molecule has 0 aromatic rings. The molecule has 0 fully saturated rings. The van der Waals surface area contributed by atoms with Gasteiger partial charge in [0, 0.05) is 0 Å². The maximum absolute atomic E-state index is 12.0. The quantitative estimate of drug-likeness (QED) is 0.650. The second-order valence-corrected chi connectivity index (χ2v) is 4.76. The molecule has 0 aliphatic carbocycles. The van der Waals surface area contributed by atoms with Crippen LogP contribution in [0, 0.1) is 10.8 Å². The smallest absolute Gasteiger partial charge is 0.312 e. The van der Waals surface area contributed by atoms with E-state index < -0.39 is 0 Å². The maximum atomic E-state index is 12.0. The summed E-state index contributed by atoms with van der Waals surface area (Å²) in [6.45, 7) is 12.8. The lowest BCUT2D eigenvalue weighted by molar-refractivity contribution is -0.163. The van der Waals surface area contributed by atoms with Crippen LogP contribution in [0.1, 0.15) is 54.4 Å². The van der Waals surface area contributed by atoms with Crippen LogP contribution in [0.15, 0.2) is 0 Å². The second-order valence-electron chi connectivity index (χ2n) is 4.76. The number of hydrogen-bond donors (Lipinski definition) is 0. The van der Waals surface area contributed by atoms with E-state index in [2.05, 4.69) is 34.6 Å². The highest BCUT2D eigenvalue weighted by Crippen LogP contribution is 2.45. The molecule has 0 saturated carbocycles. The van der Waals surface area contributed by atoms with Crippen molar-refractivity contribution in [3.8, 4) is 0 Å². The summed E-state index contributed by atoms with van der Waals surface area (Å²) in [6.07, 6.45) is 1.68. The van der Waals surface area contributed by atoms with Crippen LogP contribution in [0.5, 0.6) is 0 Å². The van der Waals surface area contributed by atoms with Gasteiger partial charge in [0.2, 0.25) is 0 Å². The van der Waals surface area contributed by atoms with Crippen molar-refractivity contribution >= 4 is 5.97 Å². The molecule has 0 radical (unpaired) electrons. The van der Waals surface area contributed by atoms with E-state index in [9.17, 15) is 4.79 Å². The number of rotatable bonds is 4. The predicted octanol–water partition coefficient (Wildman–Crippen LogP) is 3.40. The van der Waals surface area contributed by atoms with Gasteiger partial charge in [0.05, 0.1) is 12.0 Å². The van der Waals surface area contributed by atoms with Crippen molar-refractivity contribution in [3.63, 3.8) is 0 Å². The Kier molecular flexibility index (Phi) is 4.63. The topological polar surface area (TPSA) is 26.3 Å². The number of ether oxygens (including phenoxy) is 1. The normalized spacial score (nSPS) is 12.7. The summed E-state index contributed by atoms with van der Waals surface area (Å²) in [6, 6.07) is 0. The van der Waals surface area contributed by atoms with Gasteiger partial charge in [-0.15, -0.1) is 0 Å². The van der Waals surface area contributed by atoms with Crippen molar-refractivity contribution in [1.82, 2.24) is 0 Å². The summed E-state index contributed by atoms with van der Waals surface area (Å²) in [5.74, 6) is -0.0440. The highest BCUT2D eigenvalue weighted by molar-refractivity contribution is 5.77. The van der Waals surface area contributed by atoms with Gasteiger partial charge in [0.15, 0.2) is 0 Å². The molecule has 0 unspecified atom stereocenters. The molecule has 0 N–H and O–H groups in total. The molecule has 0 atom stereocenters. The Morgan fingerprint density at radius 3 is 1.71 bits per heavy atom. The first-order chi connectivity index (χ1) is 6.35. The zero-order valence-corrected chi connectivity index (χ0v) is 10.4. The first-order valence-corrected chi connectivity index (χ1v) is 5.53. The summed E-state index contributed by atoms with van der Waals surface area (Å²) in [7, 11) is 0. The Labute approximate surface area is 88.0 Å². The van der Waals surface area contributed by atoms with E-state index in [1.165, 1.54) is 0 Å². The van der Waals surface area contributed by atoms with Crippen LogP contribution in [0.4, 0.5) is 0 Å². The molecule has 0 heterocycles. The number of esters is 1. The van der Waals surface area contributed by atoms with Gasteiger partial charge >= 0.3 is 5.97 Å². The lowest BCUT2D eigenvalue weighted by atomic mass is 9.63.